The van der Waals surface area contributed by atoms with E-state index in [0.29, 0.717) is 23.5 Å². The average Bonchev–Trinajstić information content (AvgIpc) is 3.27. The minimum atomic E-state index is -4.02. The summed E-state index contributed by atoms with van der Waals surface area (Å²) in [5.74, 6) is 0.408. The maximum Gasteiger partial charge on any atom is 0.345 e. The summed E-state index contributed by atoms with van der Waals surface area (Å²) in [6, 6.07) is 6.43. The van der Waals surface area contributed by atoms with E-state index in [9.17, 15) is 18.3 Å². The molecule has 0 radical (unpaired) electrons. The number of nitrogens with zero attached hydrogens (tertiary/aromatic N) is 2. The third-order valence-electron chi connectivity index (χ3n) is 5.12. The number of benzene rings is 1. The van der Waals surface area contributed by atoms with Gasteiger partial charge in [0.25, 0.3) is 5.91 Å². The van der Waals surface area contributed by atoms with Gasteiger partial charge in [-0.25, -0.2) is 4.72 Å². The van der Waals surface area contributed by atoms with Crippen LogP contribution in [0.2, 0.25) is 0 Å². The minimum absolute atomic E-state index is 0.0169. The molecule has 1 aromatic heterocycles. The number of nitrogens with one attached hydrogen (secondary N) is 3. The summed E-state index contributed by atoms with van der Waals surface area (Å²) in [4.78, 5) is 17.0. The van der Waals surface area contributed by atoms with Gasteiger partial charge in [-0.3, -0.25) is 9.79 Å². The van der Waals surface area contributed by atoms with Gasteiger partial charge in [0.05, 0.1) is 11.3 Å². The fourth-order valence-electron chi connectivity index (χ4n) is 3.47. The number of amides is 1. The molecular weight excluding hydrogens is 446 g/mol. The van der Waals surface area contributed by atoms with Crippen LogP contribution in [-0.4, -0.2) is 38.2 Å². The maximum atomic E-state index is 12.5. The van der Waals surface area contributed by atoms with Crippen molar-refractivity contribution in [3.63, 3.8) is 0 Å². The van der Waals surface area contributed by atoms with Gasteiger partial charge in [-0.05, 0) is 42.5 Å². The van der Waals surface area contributed by atoms with Crippen molar-refractivity contribution in [1.29, 1.82) is 0 Å². The molecule has 2 heterocycles. The zero-order valence-electron chi connectivity index (χ0n) is 19.5. The molecule has 0 saturated carbocycles. The van der Waals surface area contributed by atoms with E-state index < -0.39 is 27.6 Å². The first kappa shape index (κ1) is 24.3. The molecule has 33 heavy (non-hydrogen) atoms. The molecular formula is C22H29N5O5S. The highest BCUT2D eigenvalue weighted by molar-refractivity contribution is 7.89. The van der Waals surface area contributed by atoms with E-state index in [-0.39, 0.29) is 28.7 Å². The Hall–Kier alpha value is -3.34. The van der Waals surface area contributed by atoms with Crippen molar-refractivity contribution in [2.24, 2.45) is 9.39 Å². The first-order chi connectivity index (χ1) is 15.4. The summed E-state index contributed by atoms with van der Waals surface area (Å²) in [6.07, 6.45) is 0.553. The highest BCUT2D eigenvalue weighted by atomic mass is 32.2. The molecule has 0 spiro atoms. The van der Waals surface area contributed by atoms with Crippen molar-refractivity contribution in [2.45, 2.75) is 52.5 Å². The van der Waals surface area contributed by atoms with Gasteiger partial charge in [0, 0.05) is 7.05 Å². The number of aryl methyl sites for hydroxylation is 1. The van der Waals surface area contributed by atoms with Gasteiger partial charge in [0.1, 0.15) is 17.6 Å². The number of aliphatic imine (C=N–C) groups is 1. The number of furan rings is 1. The number of phenols is 1. The van der Waals surface area contributed by atoms with E-state index in [0.717, 1.165) is 0 Å². The Morgan fingerprint density at radius 1 is 1.27 bits per heavy atom. The van der Waals surface area contributed by atoms with Gasteiger partial charge in [-0.15, -0.1) is 4.40 Å². The van der Waals surface area contributed by atoms with E-state index in [4.69, 9.17) is 4.42 Å². The normalized spacial score (nSPS) is 17.4. The molecule has 10 nitrogen and oxygen atoms in total. The smallest absolute Gasteiger partial charge is 0.345 e. The molecule has 0 saturated heterocycles. The van der Waals surface area contributed by atoms with Crippen LogP contribution in [0.4, 0.5) is 5.69 Å². The molecule has 1 amide bonds. The molecule has 3 rings (SSSR count). The standard InChI is InChI=1S/C22H29N5O5S/c1-7-14(16-11-8-12(2)32-16)24-19-20(27-33(30,31)26-19)25-15-10-9-13(22(3,4)5)17(18(15)28)21(29)23-6/h8-11,14,28H,7H2,1-6H3,(H,23,29)(H,24,26)(H,25,27)/t14-/m1/s1. The Kier molecular flexibility index (Phi) is 6.55. The molecule has 2 aromatic rings. The van der Waals surface area contributed by atoms with Crippen molar-refractivity contribution in [3.8, 4) is 5.75 Å². The first-order valence-electron chi connectivity index (χ1n) is 10.5. The van der Waals surface area contributed by atoms with E-state index >= 15 is 0 Å². The van der Waals surface area contributed by atoms with E-state index in [2.05, 4.69) is 24.7 Å². The summed E-state index contributed by atoms with van der Waals surface area (Å²) in [7, 11) is -2.55. The van der Waals surface area contributed by atoms with E-state index in [1.165, 1.54) is 7.05 Å². The fraction of sp³-hybridized carbons (Fsp3) is 0.409. The van der Waals surface area contributed by atoms with Gasteiger partial charge in [0.2, 0.25) is 0 Å². The number of rotatable bonds is 5. The Labute approximate surface area is 193 Å². The quantitative estimate of drug-likeness (QED) is 0.489. The molecule has 1 aromatic carbocycles. The van der Waals surface area contributed by atoms with Crippen LogP contribution in [0.15, 0.2) is 38.1 Å². The van der Waals surface area contributed by atoms with Gasteiger partial charge in [0.15, 0.2) is 17.4 Å². The second-order valence-electron chi connectivity index (χ2n) is 8.71. The summed E-state index contributed by atoms with van der Waals surface area (Å²) in [6.45, 7) is 9.47. The molecule has 0 unspecified atom stereocenters. The summed E-state index contributed by atoms with van der Waals surface area (Å²) >= 11 is 0. The Morgan fingerprint density at radius 2 is 1.97 bits per heavy atom. The Balaban J connectivity index is 2.04. The molecule has 178 valence electrons. The zero-order valence-corrected chi connectivity index (χ0v) is 20.3. The molecule has 0 aliphatic carbocycles. The van der Waals surface area contributed by atoms with Gasteiger partial charge in [-0.2, -0.15) is 8.42 Å². The predicted molar refractivity (Wildman–Crippen MR) is 127 cm³/mol. The molecule has 0 fully saturated rings. The molecule has 11 heteroatoms. The lowest BCUT2D eigenvalue weighted by molar-refractivity contribution is 0.0958. The first-order valence-corrected chi connectivity index (χ1v) is 11.9. The number of aromatic hydroxyl groups is 1. The number of anilines is 1. The van der Waals surface area contributed by atoms with E-state index in [1.807, 2.05) is 34.6 Å². The number of carbonyl (C=O) groups excluding carboxylic acids is 1. The number of carbonyl (C=O) groups is 1. The van der Waals surface area contributed by atoms with Crippen LogP contribution in [-0.2, 0) is 15.6 Å². The maximum absolute atomic E-state index is 12.5. The predicted octanol–water partition coefficient (Wildman–Crippen LogP) is 3.16. The number of hydrogen-bond acceptors (Lipinski definition) is 7. The third kappa shape index (κ3) is 5.19. The second-order valence-corrected chi connectivity index (χ2v) is 10.0. The Bertz CT molecular complexity index is 1240. The van der Waals surface area contributed by atoms with Crippen LogP contribution in [0.3, 0.4) is 0 Å². The minimum Gasteiger partial charge on any atom is -0.505 e. The summed E-state index contributed by atoms with van der Waals surface area (Å²) in [5.41, 5.74) is 0.432. The summed E-state index contributed by atoms with van der Waals surface area (Å²) < 4.78 is 36.0. The van der Waals surface area contributed by atoms with Gasteiger partial charge in [-0.1, -0.05) is 33.8 Å². The van der Waals surface area contributed by atoms with Crippen LogP contribution in [0.25, 0.3) is 0 Å². The van der Waals surface area contributed by atoms with Crippen molar-refractivity contribution < 1.29 is 22.7 Å². The summed E-state index contributed by atoms with van der Waals surface area (Å²) in [5, 5.41) is 16.3. The van der Waals surface area contributed by atoms with Gasteiger partial charge >= 0.3 is 10.2 Å². The number of phenolic OH excluding ortho intramolecular Hbond substituents is 1. The molecule has 1 aliphatic rings. The average molecular weight is 476 g/mol. The molecule has 1 atom stereocenters. The van der Waals surface area contributed by atoms with Crippen LogP contribution in [0.1, 0.15) is 67.6 Å². The van der Waals surface area contributed by atoms with E-state index in [1.54, 1.807) is 24.3 Å². The lowest BCUT2D eigenvalue weighted by atomic mass is 9.83. The van der Waals surface area contributed by atoms with Crippen LogP contribution >= 0.6 is 0 Å². The van der Waals surface area contributed by atoms with Crippen LogP contribution in [0, 0.1) is 6.92 Å². The topological polar surface area (TPSA) is 145 Å². The monoisotopic (exact) mass is 475 g/mol. The number of hydrogen-bond donors (Lipinski definition) is 4. The van der Waals surface area contributed by atoms with Crippen LogP contribution in [0.5, 0.6) is 5.75 Å². The fourth-order valence-corrected chi connectivity index (χ4v) is 4.28. The SMILES string of the molecule is CC[C@@H](N=C1NS(=O)(=O)N=C1Nc1ccc(C(C)(C)C)c(C(=O)NC)c1O)c1ccc(C)o1. The van der Waals surface area contributed by atoms with Crippen molar-refractivity contribution in [3.05, 3.63) is 46.9 Å². The van der Waals surface area contributed by atoms with Crippen molar-refractivity contribution in [2.75, 3.05) is 12.4 Å². The lowest BCUT2D eigenvalue weighted by Crippen LogP contribution is -2.31. The highest BCUT2D eigenvalue weighted by Crippen LogP contribution is 2.37. The second kappa shape index (κ2) is 8.89. The van der Waals surface area contributed by atoms with Crippen LogP contribution < -0.4 is 15.4 Å². The third-order valence-corrected chi connectivity index (χ3v) is 5.99. The largest absolute Gasteiger partial charge is 0.505 e. The highest BCUT2D eigenvalue weighted by Gasteiger charge is 2.31. The lowest BCUT2D eigenvalue weighted by Gasteiger charge is -2.24. The number of amidine groups is 2. The molecule has 1 aliphatic heterocycles. The van der Waals surface area contributed by atoms with Crippen molar-refractivity contribution >= 4 is 33.5 Å². The molecule has 4 N–H and O–H groups in total. The van der Waals surface area contributed by atoms with Crippen molar-refractivity contribution in [1.82, 2.24) is 10.0 Å². The zero-order chi connectivity index (χ0) is 24.6. The molecule has 0 bridgehead atoms. The van der Waals surface area contributed by atoms with Gasteiger partial charge < -0.3 is 20.2 Å². The Morgan fingerprint density at radius 3 is 2.52 bits per heavy atom.